The third-order valence-corrected chi connectivity index (χ3v) is 0. The summed E-state index contributed by atoms with van der Waals surface area (Å²) in [5.74, 6) is 0. The Morgan fingerprint density at radius 3 is 1.20 bits per heavy atom. The summed E-state index contributed by atoms with van der Waals surface area (Å²) < 4.78 is 16.8. The van der Waals surface area contributed by atoms with E-state index in [-0.39, 0.29) is 24.5 Å². The van der Waals surface area contributed by atoms with Crippen molar-refractivity contribution in [2.75, 3.05) is 0 Å². The van der Waals surface area contributed by atoms with Crippen molar-refractivity contribution in [1.29, 1.82) is 0 Å². The summed E-state index contributed by atoms with van der Waals surface area (Å²) in [6, 6.07) is 0. The third-order valence-electron chi connectivity index (χ3n) is 0. The molecule has 4 heteroatoms. The van der Waals surface area contributed by atoms with Crippen LogP contribution in [-0.4, -0.2) is 0 Å². The van der Waals surface area contributed by atoms with Gasteiger partial charge in [0, 0.05) is 0 Å². The van der Waals surface area contributed by atoms with E-state index in [0.717, 1.165) is 0 Å². The Hall–Kier alpha value is 0.639. The van der Waals surface area contributed by atoms with Crippen LogP contribution in [0, 0.1) is 0 Å². The van der Waals surface area contributed by atoms with Crippen LogP contribution in [0.2, 0.25) is 0 Å². The van der Waals surface area contributed by atoms with Crippen molar-refractivity contribution < 1.29 is 39.6 Å². The monoisotopic (exact) mass is 158 g/mol. The zero-order chi connectivity index (χ0) is 2.71. The van der Waals surface area contributed by atoms with Crippen molar-refractivity contribution in [3.63, 3.8) is 0 Å². The summed E-state index contributed by atoms with van der Waals surface area (Å²) in [6.07, 6.45) is 0. The zero-order valence-corrected chi connectivity index (χ0v) is 3.93. The summed E-state index contributed by atoms with van der Waals surface area (Å²) in [5.41, 5.74) is 0. The van der Waals surface area contributed by atoms with E-state index in [9.17, 15) is 0 Å². The quantitative estimate of drug-likeness (QED) is 0.478. The topological polar surface area (TPSA) is 34.1 Å². The Bertz CT molecular complexity index is 28.6. The Balaban J connectivity index is -0.0000000200. The molecule has 0 saturated carbocycles. The predicted octanol–water partition coefficient (Wildman–Crippen LogP) is 0.393. The van der Waals surface area contributed by atoms with Gasteiger partial charge in [-0.05, 0) is 0 Å². The van der Waals surface area contributed by atoms with Gasteiger partial charge in [-0.2, -0.15) is 0 Å². The van der Waals surface area contributed by atoms with E-state index < -0.39 is 14.8 Å². The standard InChI is InChI=1S/CH4.2Mn.2O/h1H4;;;;/q;;+2;;. The Morgan fingerprint density at radius 1 is 1.20 bits per heavy atom. The van der Waals surface area contributed by atoms with Crippen molar-refractivity contribution in [1.82, 2.24) is 0 Å². The Labute approximate surface area is 47.4 Å². The molecule has 0 amide bonds. The fourth-order valence-electron chi connectivity index (χ4n) is 0. The second kappa shape index (κ2) is 22.9. The molecule has 0 fully saturated rings. The van der Waals surface area contributed by atoms with Crippen molar-refractivity contribution >= 4 is 0 Å². The molecule has 0 aliphatic heterocycles. The van der Waals surface area contributed by atoms with Crippen LogP contribution in [0.4, 0.5) is 0 Å². The minimum atomic E-state index is -1.44. The Morgan fingerprint density at radius 2 is 1.20 bits per heavy atom. The van der Waals surface area contributed by atoms with Gasteiger partial charge in [0.1, 0.15) is 0 Å². The van der Waals surface area contributed by atoms with Gasteiger partial charge in [0.2, 0.25) is 0 Å². The van der Waals surface area contributed by atoms with Gasteiger partial charge in [0.15, 0.2) is 0 Å². The van der Waals surface area contributed by atoms with E-state index in [0.29, 0.717) is 0 Å². The maximum atomic E-state index is 8.41. The average molecular weight is 158 g/mol. The minimum absolute atomic E-state index is 0. The van der Waals surface area contributed by atoms with Gasteiger partial charge in [-0.1, -0.05) is 7.43 Å². The molecule has 0 aromatic carbocycles. The fourth-order valence-corrected chi connectivity index (χ4v) is 0. The van der Waals surface area contributed by atoms with E-state index in [1.54, 1.807) is 0 Å². The van der Waals surface area contributed by atoms with Gasteiger partial charge in [-0.25, -0.2) is 0 Å². The van der Waals surface area contributed by atoms with Crippen molar-refractivity contribution in [3.8, 4) is 0 Å². The molecule has 0 saturated heterocycles. The first-order valence-electron chi connectivity index (χ1n) is 0.309. The number of rotatable bonds is 0. The summed E-state index contributed by atoms with van der Waals surface area (Å²) >= 11 is -1.44. The van der Waals surface area contributed by atoms with E-state index >= 15 is 0 Å². The van der Waals surface area contributed by atoms with Gasteiger partial charge in [-0.15, -0.1) is 0 Å². The molecule has 0 unspecified atom stereocenters. The van der Waals surface area contributed by atoms with Gasteiger partial charge in [-0.3, -0.25) is 0 Å². The van der Waals surface area contributed by atoms with Gasteiger partial charge < -0.3 is 0 Å². The average Bonchev–Trinajstić information content (AvgIpc) is 0.918. The van der Waals surface area contributed by atoms with Crippen LogP contribution >= 0.6 is 0 Å². The molecule has 0 aromatic heterocycles. The molecule has 0 aliphatic rings. The van der Waals surface area contributed by atoms with E-state index in [2.05, 4.69) is 0 Å². The fraction of sp³-hybridized carbons (Fsp3) is 1.00. The molecule has 0 aromatic rings. The van der Waals surface area contributed by atoms with E-state index in [4.69, 9.17) is 7.67 Å². The van der Waals surface area contributed by atoms with Gasteiger partial charge in [0.25, 0.3) is 0 Å². The first-order chi connectivity index (χ1) is 1.41. The predicted molar refractivity (Wildman–Crippen MR) is 8.10 cm³/mol. The normalized spacial score (nSPS) is 2.40. The van der Waals surface area contributed by atoms with Crippen molar-refractivity contribution in [2.24, 2.45) is 0 Å². The molecule has 0 atom stereocenters. The van der Waals surface area contributed by atoms with Crippen LogP contribution in [0.3, 0.4) is 0 Å². The van der Waals surface area contributed by atoms with Gasteiger partial charge >= 0.3 is 39.6 Å². The summed E-state index contributed by atoms with van der Waals surface area (Å²) in [5, 5.41) is 0. The van der Waals surface area contributed by atoms with Crippen LogP contribution in [0.15, 0.2) is 0 Å². The number of hydrogen-bond donors (Lipinski definition) is 0. The van der Waals surface area contributed by atoms with Crippen LogP contribution in [-0.2, 0) is 39.6 Å². The van der Waals surface area contributed by atoms with E-state index in [1.807, 2.05) is 0 Å². The molecule has 0 N–H and O–H groups in total. The molecule has 2 nitrogen and oxygen atoms in total. The van der Waals surface area contributed by atoms with Crippen LogP contribution in [0.1, 0.15) is 7.43 Å². The van der Waals surface area contributed by atoms with Crippen molar-refractivity contribution in [3.05, 3.63) is 0 Å². The molecule has 0 bridgehead atoms. The second-order valence-corrected chi connectivity index (χ2v) is 0.260. The second-order valence-electron chi connectivity index (χ2n) is 0.0630. The zero-order valence-electron chi connectivity index (χ0n) is 1.57. The number of hydrogen-bond acceptors (Lipinski definition) is 2. The molecule has 0 heterocycles. The Kier molecular flexibility index (Phi) is 79.7. The van der Waals surface area contributed by atoms with Gasteiger partial charge in [0.05, 0.1) is 0 Å². The van der Waals surface area contributed by atoms with Crippen LogP contribution in [0.5, 0.6) is 0 Å². The molecular weight excluding hydrogens is 154 g/mol. The molecule has 1 radical (unpaired) electrons. The van der Waals surface area contributed by atoms with E-state index in [1.165, 1.54) is 0 Å². The molecule has 0 spiro atoms. The molecular formula is CH4Mn2O2+2. The molecule has 0 rings (SSSR count). The summed E-state index contributed by atoms with van der Waals surface area (Å²) in [7, 11) is 0. The first-order valence-corrected chi connectivity index (χ1v) is 1.27. The maximum absolute atomic E-state index is 8.41. The van der Waals surface area contributed by atoms with Crippen LogP contribution < -0.4 is 0 Å². The third kappa shape index (κ3) is 79.1. The SMILES string of the molecule is C.[Mn+2].[O]=[Mn]=[O]. The summed E-state index contributed by atoms with van der Waals surface area (Å²) in [6.45, 7) is 0. The first kappa shape index (κ1) is 17.4. The molecule has 0 aliphatic carbocycles. The van der Waals surface area contributed by atoms with Crippen molar-refractivity contribution in [2.45, 2.75) is 7.43 Å². The van der Waals surface area contributed by atoms with Crippen LogP contribution in [0.25, 0.3) is 0 Å². The molecule has 5 heavy (non-hydrogen) atoms. The summed E-state index contributed by atoms with van der Waals surface area (Å²) in [4.78, 5) is 0. The molecule has 32 valence electrons.